The van der Waals surface area contributed by atoms with Crippen molar-refractivity contribution >= 4 is 12.0 Å². The van der Waals surface area contributed by atoms with E-state index in [2.05, 4.69) is 34.3 Å². The van der Waals surface area contributed by atoms with E-state index >= 15 is 0 Å². The van der Waals surface area contributed by atoms with Crippen LogP contribution in [0.5, 0.6) is 11.5 Å². The molecule has 0 unspecified atom stereocenters. The normalized spacial score (nSPS) is 24.9. The Labute approximate surface area is 178 Å². The highest BCUT2D eigenvalue weighted by molar-refractivity contribution is 5.53. The summed E-state index contributed by atoms with van der Waals surface area (Å²) < 4.78 is 11.9. The number of methoxy groups -OCH3 is 1. The number of nitrogens with zero attached hydrogens (tertiary/aromatic N) is 2. The molecule has 0 aliphatic heterocycles. The number of aromatic nitrogens is 2. The van der Waals surface area contributed by atoms with Crippen LogP contribution in [0.25, 0.3) is 6.08 Å². The van der Waals surface area contributed by atoms with Crippen molar-refractivity contribution in [3.8, 4) is 11.5 Å². The van der Waals surface area contributed by atoms with Crippen LogP contribution in [0.4, 0.5) is 5.95 Å². The molecule has 2 aromatic rings. The Kier molecular flexibility index (Phi) is 6.23. The zero-order valence-corrected chi connectivity index (χ0v) is 17.6. The number of nitrogens with two attached hydrogens (primary N) is 1. The molecule has 3 N–H and O–H groups in total. The van der Waals surface area contributed by atoms with Crippen LogP contribution in [0.3, 0.4) is 0 Å². The van der Waals surface area contributed by atoms with E-state index < -0.39 is 0 Å². The summed E-state index contributed by atoms with van der Waals surface area (Å²) in [6.45, 7) is 0. The maximum atomic E-state index is 10.1. The van der Waals surface area contributed by atoms with Gasteiger partial charge < -0.3 is 20.3 Å². The van der Waals surface area contributed by atoms with Gasteiger partial charge in [0.05, 0.1) is 19.3 Å². The van der Waals surface area contributed by atoms with Crippen LogP contribution in [0.1, 0.15) is 62.5 Å². The van der Waals surface area contributed by atoms with Crippen molar-refractivity contribution in [3.05, 3.63) is 47.8 Å². The molecule has 1 heterocycles. The molecule has 1 aromatic heterocycles. The average Bonchev–Trinajstić information content (AvgIpc) is 3.28. The number of anilines is 1. The summed E-state index contributed by atoms with van der Waals surface area (Å²) in [5.41, 5.74) is 7.53. The van der Waals surface area contributed by atoms with Crippen LogP contribution in [-0.2, 0) is 5.41 Å². The van der Waals surface area contributed by atoms with Crippen molar-refractivity contribution in [3.63, 3.8) is 0 Å². The minimum Gasteiger partial charge on any atom is -0.493 e. The second-order valence-corrected chi connectivity index (χ2v) is 8.49. The molecule has 0 radical (unpaired) electrons. The Morgan fingerprint density at radius 3 is 2.43 bits per heavy atom. The number of nitrogen functional groups attached to an aromatic ring is 1. The second-order valence-electron chi connectivity index (χ2n) is 8.49. The lowest BCUT2D eigenvalue weighted by atomic mass is 9.68. The highest BCUT2D eigenvalue weighted by Crippen LogP contribution is 2.44. The SMILES string of the molecule is COc1ccc(C2(/C=C\c3cnc(N)nc3)CCC(O)CC2)cc1OC1CCCC1. The smallest absolute Gasteiger partial charge is 0.219 e. The Hall–Kier alpha value is -2.60. The van der Waals surface area contributed by atoms with Crippen LogP contribution in [0.15, 0.2) is 36.7 Å². The number of aliphatic hydroxyl groups is 1. The fraction of sp³-hybridized carbons (Fsp3) is 0.500. The van der Waals surface area contributed by atoms with Crippen LogP contribution in [0.2, 0.25) is 0 Å². The molecule has 2 aliphatic carbocycles. The van der Waals surface area contributed by atoms with E-state index in [9.17, 15) is 5.11 Å². The Morgan fingerprint density at radius 2 is 1.77 bits per heavy atom. The molecule has 0 amide bonds. The second kappa shape index (κ2) is 9.04. The molecule has 0 saturated heterocycles. The van der Waals surface area contributed by atoms with E-state index in [0.717, 1.165) is 55.6 Å². The minimum atomic E-state index is -0.237. The first-order valence-corrected chi connectivity index (χ1v) is 10.9. The van der Waals surface area contributed by atoms with Gasteiger partial charge in [-0.25, -0.2) is 9.97 Å². The van der Waals surface area contributed by atoms with E-state index in [4.69, 9.17) is 15.2 Å². The number of benzene rings is 1. The lowest BCUT2D eigenvalue weighted by molar-refractivity contribution is 0.108. The number of allylic oxidation sites excluding steroid dienone is 1. The van der Waals surface area contributed by atoms with Crippen molar-refractivity contribution in [1.29, 1.82) is 0 Å². The first kappa shape index (κ1) is 20.7. The van der Waals surface area contributed by atoms with Gasteiger partial charge in [0.1, 0.15) is 0 Å². The number of aliphatic hydroxyl groups excluding tert-OH is 1. The van der Waals surface area contributed by atoms with Crippen LogP contribution in [0, 0.1) is 0 Å². The first-order chi connectivity index (χ1) is 14.6. The molecule has 6 nitrogen and oxygen atoms in total. The summed E-state index contributed by atoms with van der Waals surface area (Å²) in [5, 5.41) is 10.1. The standard InChI is InChI=1S/C24H31N3O3/c1-29-21-7-6-18(14-22(21)30-20-4-2-3-5-20)24(12-9-19(28)10-13-24)11-8-17-15-26-23(25)27-16-17/h6-8,11,14-16,19-20,28H,2-5,9-10,12-13H2,1H3,(H2,25,26,27)/b11-8-. The van der Waals surface area contributed by atoms with Crippen molar-refractivity contribution in [2.24, 2.45) is 0 Å². The van der Waals surface area contributed by atoms with Gasteiger partial charge in [0.2, 0.25) is 5.95 Å². The molecule has 0 bridgehead atoms. The monoisotopic (exact) mass is 409 g/mol. The topological polar surface area (TPSA) is 90.5 Å². The molecule has 2 fully saturated rings. The fourth-order valence-electron chi connectivity index (χ4n) is 4.62. The van der Waals surface area contributed by atoms with Crippen molar-refractivity contribution in [2.75, 3.05) is 12.8 Å². The molecule has 6 heteroatoms. The lowest BCUT2D eigenvalue weighted by Crippen LogP contribution is -2.32. The molecule has 160 valence electrons. The highest BCUT2D eigenvalue weighted by atomic mass is 16.5. The average molecular weight is 410 g/mol. The van der Waals surface area contributed by atoms with E-state index in [0.29, 0.717) is 0 Å². The minimum absolute atomic E-state index is 0.180. The summed E-state index contributed by atoms with van der Waals surface area (Å²) in [6.07, 6.45) is 15.7. The zero-order chi connectivity index (χ0) is 21.0. The number of hydrogen-bond donors (Lipinski definition) is 2. The zero-order valence-electron chi connectivity index (χ0n) is 17.6. The van der Waals surface area contributed by atoms with Gasteiger partial charge in [0.15, 0.2) is 11.5 Å². The lowest BCUT2D eigenvalue weighted by Gasteiger charge is -2.37. The van der Waals surface area contributed by atoms with Crippen molar-refractivity contribution in [1.82, 2.24) is 9.97 Å². The quantitative estimate of drug-likeness (QED) is 0.740. The first-order valence-electron chi connectivity index (χ1n) is 10.9. The van der Waals surface area contributed by atoms with Crippen LogP contribution in [-0.4, -0.2) is 34.4 Å². The van der Waals surface area contributed by atoms with E-state index in [1.807, 2.05) is 6.07 Å². The number of ether oxygens (including phenoxy) is 2. The van der Waals surface area contributed by atoms with Gasteiger partial charge in [-0.3, -0.25) is 0 Å². The summed E-state index contributed by atoms with van der Waals surface area (Å²) in [7, 11) is 1.68. The predicted octanol–water partition coefficient (Wildman–Crippen LogP) is 4.27. The molecule has 0 atom stereocenters. The van der Waals surface area contributed by atoms with Gasteiger partial charge >= 0.3 is 0 Å². The van der Waals surface area contributed by atoms with E-state index in [1.54, 1.807) is 19.5 Å². The van der Waals surface area contributed by atoms with Crippen molar-refractivity contribution in [2.45, 2.75) is 69.0 Å². The van der Waals surface area contributed by atoms with Crippen molar-refractivity contribution < 1.29 is 14.6 Å². The predicted molar refractivity (Wildman–Crippen MR) is 118 cm³/mol. The van der Waals surface area contributed by atoms with Gasteiger partial charge in [0.25, 0.3) is 0 Å². The summed E-state index contributed by atoms with van der Waals surface area (Å²) in [6, 6.07) is 6.27. The van der Waals surface area contributed by atoms with Gasteiger partial charge in [-0.2, -0.15) is 0 Å². The summed E-state index contributed by atoms with van der Waals surface area (Å²) in [4.78, 5) is 8.17. The fourth-order valence-corrected chi connectivity index (χ4v) is 4.62. The van der Waals surface area contributed by atoms with Gasteiger partial charge in [-0.05, 0) is 69.1 Å². The third-order valence-electron chi connectivity index (χ3n) is 6.47. The molecule has 2 saturated carbocycles. The highest BCUT2D eigenvalue weighted by Gasteiger charge is 2.35. The molecule has 30 heavy (non-hydrogen) atoms. The molecular formula is C24H31N3O3. The third-order valence-corrected chi connectivity index (χ3v) is 6.47. The maximum Gasteiger partial charge on any atom is 0.219 e. The largest absolute Gasteiger partial charge is 0.493 e. The van der Waals surface area contributed by atoms with Gasteiger partial charge in [-0.15, -0.1) is 0 Å². The van der Waals surface area contributed by atoms with E-state index in [1.165, 1.54) is 18.4 Å². The molecular weight excluding hydrogens is 378 g/mol. The van der Waals surface area contributed by atoms with Gasteiger partial charge in [0, 0.05) is 23.4 Å². The van der Waals surface area contributed by atoms with Gasteiger partial charge in [-0.1, -0.05) is 18.2 Å². The number of hydrogen-bond acceptors (Lipinski definition) is 6. The Morgan fingerprint density at radius 1 is 1.07 bits per heavy atom. The van der Waals surface area contributed by atoms with E-state index in [-0.39, 0.29) is 23.6 Å². The molecule has 4 rings (SSSR count). The summed E-state index contributed by atoms with van der Waals surface area (Å²) >= 11 is 0. The van der Waals surface area contributed by atoms with Crippen LogP contribution < -0.4 is 15.2 Å². The third kappa shape index (κ3) is 4.59. The maximum absolute atomic E-state index is 10.1. The molecule has 1 aromatic carbocycles. The van der Waals surface area contributed by atoms with Crippen LogP contribution >= 0.6 is 0 Å². The molecule has 2 aliphatic rings. The molecule has 0 spiro atoms. The Bertz CT molecular complexity index is 868. The number of rotatable bonds is 6. The summed E-state index contributed by atoms with van der Waals surface area (Å²) in [5.74, 6) is 1.86. The Balaban J connectivity index is 1.66.